The summed E-state index contributed by atoms with van der Waals surface area (Å²) in [6.45, 7) is 13.1. The first kappa shape index (κ1) is 30.1. The fourth-order valence-corrected chi connectivity index (χ4v) is 3.92. The zero-order chi connectivity index (χ0) is 23.7. The van der Waals surface area contributed by atoms with Gasteiger partial charge in [-0.3, -0.25) is 0 Å². The maximum atomic E-state index is 9.89. The van der Waals surface area contributed by atoms with Crippen LogP contribution >= 0.6 is 0 Å². The molecule has 3 heteroatoms. The van der Waals surface area contributed by atoms with Gasteiger partial charge >= 0.3 is 0 Å². The van der Waals surface area contributed by atoms with Crippen molar-refractivity contribution in [1.29, 1.82) is 0 Å². The first-order valence-corrected chi connectivity index (χ1v) is 12.7. The van der Waals surface area contributed by atoms with E-state index in [9.17, 15) is 10.2 Å². The average Bonchev–Trinajstić information content (AvgIpc) is 2.71. The largest absolute Gasteiger partial charge is 0.396 e. The van der Waals surface area contributed by atoms with Crippen LogP contribution in [0.4, 0.5) is 0 Å². The van der Waals surface area contributed by atoms with Crippen LogP contribution in [0.15, 0.2) is 36.0 Å². The van der Waals surface area contributed by atoms with E-state index in [1.165, 1.54) is 18.4 Å². The molecule has 4 unspecified atom stereocenters. The second-order valence-corrected chi connectivity index (χ2v) is 9.96. The normalized spacial score (nSPS) is 17.4. The molecule has 0 bridgehead atoms. The summed E-state index contributed by atoms with van der Waals surface area (Å²) in [6, 6.07) is 0. The lowest BCUT2D eigenvalue weighted by molar-refractivity contribution is -0.199. The highest BCUT2D eigenvalue weighted by atomic mass is 16.5. The van der Waals surface area contributed by atoms with E-state index in [0.29, 0.717) is 24.9 Å². The summed E-state index contributed by atoms with van der Waals surface area (Å²) < 4.78 is 0. The smallest absolute Gasteiger partial charge is 0.164 e. The lowest BCUT2D eigenvalue weighted by atomic mass is 9.91. The molecule has 0 aliphatic rings. The van der Waals surface area contributed by atoms with Gasteiger partial charge in [0.05, 0.1) is 0 Å². The fourth-order valence-electron chi connectivity index (χ4n) is 3.92. The Kier molecular flexibility index (Phi) is 17.1. The number of hydrogen-bond acceptors (Lipinski definition) is 3. The molecule has 0 radical (unpaired) electrons. The van der Waals surface area contributed by atoms with Gasteiger partial charge in [0, 0.05) is 12.5 Å². The molecular weight excluding hydrogens is 384 g/mol. The van der Waals surface area contributed by atoms with E-state index in [-0.39, 0.29) is 5.92 Å². The van der Waals surface area contributed by atoms with Crippen LogP contribution in [0.1, 0.15) is 106 Å². The molecule has 182 valence electrons. The third-order valence-corrected chi connectivity index (χ3v) is 6.43. The number of unbranched alkanes of at least 4 members (excludes halogenated alkanes) is 2. The van der Waals surface area contributed by atoms with Gasteiger partial charge in [-0.1, -0.05) is 96.3 Å². The van der Waals surface area contributed by atoms with Gasteiger partial charge in [0.2, 0.25) is 0 Å². The van der Waals surface area contributed by atoms with Crippen LogP contribution in [0.25, 0.3) is 0 Å². The van der Waals surface area contributed by atoms with Gasteiger partial charge in [-0.25, -0.2) is 0 Å². The van der Waals surface area contributed by atoms with Crippen LogP contribution in [-0.2, 0) is 0 Å². The van der Waals surface area contributed by atoms with E-state index in [1.807, 2.05) is 13.8 Å². The molecule has 0 aromatic heterocycles. The highest BCUT2D eigenvalue weighted by molar-refractivity contribution is 5.12. The number of hydrogen-bond donors (Lipinski definition) is 3. The minimum absolute atomic E-state index is 0.0837. The Bertz CT molecular complexity index is 518. The molecule has 0 aliphatic heterocycles. The molecule has 0 heterocycles. The van der Waals surface area contributed by atoms with Gasteiger partial charge in [-0.15, -0.1) is 0 Å². The number of rotatable bonds is 18. The molecule has 0 amide bonds. The van der Waals surface area contributed by atoms with Crippen molar-refractivity contribution < 1.29 is 15.3 Å². The Labute approximate surface area is 193 Å². The standard InChI is InChI=1S/C28H52O3/c1-7-28(30,31)27(6)20-13-17-24(3)16-12-19-26(5)22-25(4)18-11-15-23(2)14-9-8-10-21-29/h11-12,16,18-19,23-25,27,29-31H,7-10,13-15,17,20-22H2,1-6H3/b16-12+,18-11+,26-19+. The highest BCUT2D eigenvalue weighted by Crippen LogP contribution is 2.24. The van der Waals surface area contributed by atoms with Gasteiger partial charge in [0.25, 0.3) is 0 Å². The van der Waals surface area contributed by atoms with Crippen molar-refractivity contribution in [3.63, 3.8) is 0 Å². The number of allylic oxidation sites excluding steroid dienone is 6. The Morgan fingerprint density at radius 3 is 2.23 bits per heavy atom. The molecule has 4 atom stereocenters. The van der Waals surface area contributed by atoms with Crippen molar-refractivity contribution in [2.24, 2.45) is 23.7 Å². The summed E-state index contributed by atoms with van der Waals surface area (Å²) in [4.78, 5) is 0. The number of aliphatic hydroxyl groups excluding tert-OH is 1. The van der Waals surface area contributed by atoms with Crippen molar-refractivity contribution in [3.05, 3.63) is 36.0 Å². The molecule has 0 aromatic carbocycles. The van der Waals surface area contributed by atoms with Gasteiger partial charge in [0.15, 0.2) is 5.79 Å². The second kappa shape index (κ2) is 17.6. The molecule has 0 saturated heterocycles. The zero-order valence-corrected chi connectivity index (χ0v) is 21.3. The lowest BCUT2D eigenvalue weighted by Gasteiger charge is -2.27. The topological polar surface area (TPSA) is 60.7 Å². The van der Waals surface area contributed by atoms with Crippen LogP contribution in [-0.4, -0.2) is 27.7 Å². The molecule has 3 nitrogen and oxygen atoms in total. The van der Waals surface area contributed by atoms with E-state index >= 15 is 0 Å². The minimum atomic E-state index is -1.53. The first-order valence-electron chi connectivity index (χ1n) is 12.7. The van der Waals surface area contributed by atoms with Crippen molar-refractivity contribution in [3.8, 4) is 0 Å². The predicted octanol–water partition coefficient (Wildman–Crippen LogP) is 7.18. The van der Waals surface area contributed by atoms with E-state index in [1.54, 1.807) is 0 Å². The van der Waals surface area contributed by atoms with E-state index in [2.05, 4.69) is 58.1 Å². The van der Waals surface area contributed by atoms with E-state index in [0.717, 1.165) is 50.9 Å². The molecule has 0 fully saturated rings. The SMILES string of the molecule is CCC(O)(O)C(C)CCCC(C)/C=C/C=C(\C)CC(C)/C=C/CC(C)CCCCCO. The molecule has 0 rings (SSSR count). The Hall–Kier alpha value is -0.900. The van der Waals surface area contributed by atoms with Gasteiger partial charge in [0.1, 0.15) is 0 Å². The molecule has 31 heavy (non-hydrogen) atoms. The monoisotopic (exact) mass is 436 g/mol. The summed E-state index contributed by atoms with van der Waals surface area (Å²) in [5, 5.41) is 28.6. The van der Waals surface area contributed by atoms with E-state index < -0.39 is 5.79 Å². The van der Waals surface area contributed by atoms with Gasteiger partial charge < -0.3 is 15.3 Å². The van der Waals surface area contributed by atoms with Crippen LogP contribution in [0, 0.1) is 23.7 Å². The van der Waals surface area contributed by atoms with Crippen LogP contribution in [0.2, 0.25) is 0 Å². The molecule has 0 spiro atoms. The molecule has 0 aromatic rings. The first-order chi connectivity index (χ1) is 14.6. The highest BCUT2D eigenvalue weighted by Gasteiger charge is 2.27. The van der Waals surface area contributed by atoms with E-state index in [4.69, 9.17) is 5.11 Å². The minimum Gasteiger partial charge on any atom is -0.396 e. The van der Waals surface area contributed by atoms with Crippen LogP contribution in [0.3, 0.4) is 0 Å². The molecular formula is C28H52O3. The summed E-state index contributed by atoms with van der Waals surface area (Å²) in [5.41, 5.74) is 1.40. The zero-order valence-electron chi connectivity index (χ0n) is 21.3. The maximum absolute atomic E-state index is 9.89. The van der Waals surface area contributed by atoms with Crippen molar-refractivity contribution in [2.75, 3.05) is 6.61 Å². The average molecular weight is 437 g/mol. The third kappa shape index (κ3) is 16.4. The molecule has 0 saturated carbocycles. The maximum Gasteiger partial charge on any atom is 0.164 e. The third-order valence-electron chi connectivity index (χ3n) is 6.43. The lowest BCUT2D eigenvalue weighted by Crippen LogP contribution is -2.35. The fraction of sp³-hybridized carbons (Fsp3) is 0.786. The Balaban J connectivity index is 4.14. The molecule has 0 aliphatic carbocycles. The summed E-state index contributed by atoms with van der Waals surface area (Å²) in [7, 11) is 0. The van der Waals surface area contributed by atoms with Crippen molar-refractivity contribution in [2.45, 2.75) is 112 Å². The van der Waals surface area contributed by atoms with Crippen LogP contribution < -0.4 is 0 Å². The van der Waals surface area contributed by atoms with Crippen molar-refractivity contribution >= 4 is 0 Å². The Morgan fingerprint density at radius 2 is 1.58 bits per heavy atom. The second-order valence-electron chi connectivity index (χ2n) is 9.96. The summed E-state index contributed by atoms with van der Waals surface area (Å²) in [6.07, 6.45) is 21.5. The predicted molar refractivity (Wildman–Crippen MR) is 135 cm³/mol. The quantitative estimate of drug-likeness (QED) is 0.0922. The van der Waals surface area contributed by atoms with Gasteiger partial charge in [-0.2, -0.15) is 0 Å². The van der Waals surface area contributed by atoms with Crippen LogP contribution in [0.5, 0.6) is 0 Å². The summed E-state index contributed by atoms with van der Waals surface area (Å²) >= 11 is 0. The molecule has 3 N–H and O–H groups in total. The summed E-state index contributed by atoms with van der Waals surface area (Å²) in [5.74, 6) is 0.170. The van der Waals surface area contributed by atoms with Gasteiger partial charge in [-0.05, 0) is 63.2 Å². The number of aliphatic hydroxyl groups is 3. The Morgan fingerprint density at radius 1 is 0.871 bits per heavy atom. The van der Waals surface area contributed by atoms with Crippen molar-refractivity contribution in [1.82, 2.24) is 0 Å².